The molecule has 0 saturated carbocycles. The van der Waals surface area contributed by atoms with Gasteiger partial charge in [-0.1, -0.05) is 5.10 Å². The molecule has 2 atom stereocenters. The molecule has 1 aliphatic rings. The second-order valence-corrected chi connectivity index (χ2v) is 6.72. The average Bonchev–Trinajstić information content (AvgIpc) is 2.76. The van der Waals surface area contributed by atoms with E-state index in [2.05, 4.69) is 15.5 Å². The number of rotatable bonds is 4. The molecule has 1 aromatic heterocycles. The van der Waals surface area contributed by atoms with Gasteiger partial charge in [-0.05, 0) is 6.92 Å². The topological polar surface area (TPSA) is 51.0 Å². The molecule has 0 aromatic carbocycles. The zero-order valence-electron chi connectivity index (χ0n) is 8.98. The van der Waals surface area contributed by atoms with Gasteiger partial charge in [0.15, 0.2) is 0 Å². The summed E-state index contributed by atoms with van der Waals surface area (Å²) in [5.41, 5.74) is 0. The molecular formula is C9H14ClN3OS2. The van der Waals surface area contributed by atoms with Crippen molar-refractivity contribution < 1.29 is 4.42 Å². The normalized spacial score (nSPS) is 23.0. The molecule has 0 aliphatic carbocycles. The third-order valence-electron chi connectivity index (χ3n) is 2.15. The standard InChI is InChI=1S/C9H14ClN3OS2/c1-6(10)8-12-13-9(14-8)11-4-7-5-15-2-3-16-7/h6-7H,2-5H2,1H3,(H,11,13). The minimum atomic E-state index is -0.234. The van der Waals surface area contributed by atoms with E-state index in [4.69, 9.17) is 16.0 Å². The predicted molar refractivity (Wildman–Crippen MR) is 70.6 cm³/mol. The summed E-state index contributed by atoms with van der Waals surface area (Å²) >= 11 is 9.83. The molecule has 0 bridgehead atoms. The van der Waals surface area contributed by atoms with Crippen molar-refractivity contribution in [3.8, 4) is 0 Å². The van der Waals surface area contributed by atoms with E-state index in [1.54, 1.807) is 0 Å². The molecular weight excluding hydrogens is 266 g/mol. The molecule has 7 heteroatoms. The number of anilines is 1. The molecule has 4 nitrogen and oxygen atoms in total. The number of thioether (sulfide) groups is 2. The molecule has 2 heterocycles. The van der Waals surface area contributed by atoms with Crippen molar-refractivity contribution >= 4 is 41.1 Å². The maximum atomic E-state index is 5.83. The molecule has 1 saturated heterocycles. The van der Waals surface area contributed by atoms with Crippen LogP contribution in [0.1, 0.15) is 18.2 Å². The van der Waals surface area contributed by atoms with Crippen molar-refractivity contribution in [2.45, 2.75) is 17.6 Å². The van der Waals surface area contributed by atoms with Crippen molar-refractivity contribution in [1.29, 1.82) is 0 Å². The lowest BCUT2D eigenvalue weighted by atomic mass is 10.5. The van der Waals surface area contributed by atoms with Crippen molar-refractivity contribution in [3.63, 3.8) is 0 Å². The number of aromatic nitrogens is 2. The highest BCUT2D eigenvalue weighted by Crippen LogP contribution is 2.24. The quantitative estimate of drug-likeness (QED) is 0.855. The molecule has 0 radical (unpaired) electrons. The lowest BCUT2D eigenvalue weighted by molar-refractivity contribution is 0.506. The van der Waals surface area contributed by atoms with Gasteiger partial charge in [0, 0.05) is 29.1 Å². The Kier molecular flexibility index (Phi) is 4.66. The van der Waals surface area contributed by atoms with Crippen LogP contribution in [0.5, 0.6) is 0 Å². The Bertz CT molecular complexity index is 328. The Morgan fingerprint density at radius 1 is 1.56 bits per heavy atom. The van der Waals surface area contributed by atoms with Crippen LogP contribution in [0.4, 0.5) is 6.01 Å². The number of nitrogens with zero attached hydrogens (tertiary/aromatic N) is 2. The van der Waals surface area contributed by atoms with E-state index >= 15 is 0 Å². The summed E-state index contributed by atoms with van der Waals surface area (Å²) in [7, 11) is 0. The molecule has 0 amide bonds. The maximum Gasteiger partial charge on any atom is 0.315 e. The van der Waals surface area contributed by atoms with Gasteiger partial charge < -0.3 is 9.73 Å². The first kappa shape index (κ1) is 12.4. The highest BCUT2D eigenvalue weighted by atomic mass is 35.5. The molecule has 90 valence electrons. The van der Waals surface area contributed by atoms with E-state index in [9.17, 15) is 0 Å². The van der Waals surface area contributed by atoms with E-state index in [0.717, 1.165) is 6.54 Å². The minimum Gasteiger partial charge on any atom is -0.407 e. The van der Waals surface area contributed by atoms with E-state index in [1.165, 1.54) is 17.3 Å². The monoisotopic (exact) mass is 279 g/mol. The van der Waals surface area contributed by atoms with Crippen molar-refractivity contribution in [1.82, 2.24) is 10.2 Å². The summed E-state index contributed by atoms with van der Waals surface area (Å²) < 4.78 is 5.35. The summed E-state index contributed by atoms with van der Waals surface area (Å²) in [5.74, 6) is 4.14. The number of hydrogen-bond acceptors (Lipinski definition) is 6. The van der Waals surface area contributed by atoms with Gasteiger partial charge in [-0.25, -0.2) is 0 Å². The van der Waals surface area contributed by atoms with Gasteiger partial charge in [-0.2, -0.15) is 23.5 Å². The Balaban J connectivity index is 1.79. The van der Waals surface area contributed by atoms with Gasteiger partial charge in [0.05, 0.1) is 0 Å². The van der Waals surface area contributed by atoms with Crippen LogP contribution < -0.4 is 5.32 Å². The molecule has 16 heavy (non-hydrogen) atoms. The highest BCUT2D eigenvalue weighted by molar-refractivity contribution is 8.06. The van der Waals surface area contributed by atoms with Gasteiger partial charge in [-0.3, -0.25) is 0 Å². The van der Waals surface area contributed by atoms with Crippen molar-refractivity contribution in [3.05, 3.63) is 5.89 Å². The predicted octanol–water partition coefficient (Wildman–Crippen LogP) is 2.63. The molecule has 2 unspecified atom stereocenters. The number of hydrogen-bond donors (Lipinski definition) is 1. The van der Waals surface area contributed by atoms with E-state index in [0.29, 0.717) is 17.2 Å². The molecule has 1 fully saturated rings. The van der Waals surface area contributed by atoms with Crippen molar-refractivity contribution in [2.75, 3.05) is 29.1 Å². The van der Waals surface area contributed by atoms with Crippen LogP contribution >= 0.6 is 35.1 Å². The van der Waals surface area contributed by atoms with Crippen LogP contribution in [0.15, 0.2) is 4.42 Å². The number of alkyl halides is 1. The average molecular weight is 280 g/mol. The minimum absolute atomic E-state index is 0.234. The van der Waals surface area contributed by atoms with Crippen LogP contribution in [0, 0.1) is 0 Å². The molecule has 1 N–H and O–H groups in total. The van der Waals surface area contributed by atoms with Gasteiger partial charge in [0.2, 0.25) is 5.89 Å². The highest BCUT2D eigenvalue weighted by Gasteiger charge is 2.16. The molecule has 2 rings (SSSR count). The first-order valence-corrected chi connectivity index (χ1v) is 7.80. The van der Waals surface area contributed by atoms with Gasteiger partial charge in [0.25, 0.3) is 0 Å². The van der Waals surface area contributed by atoms with Crippen LogP contribution in [-0.4, -0.2) is 39.3 Å². The summed E-state index contributed by atoms with van der Waals surface area (Å²) in [6.45, 7) is 2.68. The van der Waals surface area contributed by atoms with Crippen molar-refractivity contribution in [2.24, 2.45) is 0 Å². The largest absolute Gasteiger partial charge is 0.407 e. The SMILES string of the molecule is CC(Cl)c1nnc(NCC2CSCCS2)o1. The number of nitrogens with one attached hydrogen (secondary N) is 1. The van der Waals surface area contributed by atoms with Gasteiger partial charge in [0.1, 0.15) is 5.38 Å². The smallest absolute Gasteiger partial charge is 0.315 e. The summed E-state index contributed by atoms with van der Waals surface area (Å²) in [5, 5.41) is 11.3. The van der Waals surface area contributed by atoms with Crippen LogP contribution in [0.3, 0.4) is 0 Å². The third kappa shape index (κ3) is 3.46. The van der Waals surface area contributed by atoms with Crippen LogP contribution in [0.2, 0.25) is 0 Å². The summed E-state index contributed by atoms with van der Waals surface area (Å²) in [6.07, 6.45) is 0. The lowest BCUT2D eigenvalue weighted by Gasteiger charge is -2.20. The van der Waals surface area contributed by atoms with Gasteiger partial charge >= 0.3 is 6.01 Å². The number of halogens is 1. The Labute approximate surface area is 108 Å². The second-order valence-electron chi connectivity index (χ2n) is 3.51. The Hall–Kier alpha value is -0.0700. The van der Waals surface area contributed by atoms with Gasteiger partial charge in [-0.15, -0.1) is 16.7 Å². The first-order valence-electron chi connectivity index (χ1n) is 5.16. The fourth-order valence-electron chi connectivity index (χ4n) is 1.32. The molecule has 1 aliphatic heterocycles. The summed E-state index contributed by atoms with van der Waals surface area (Å²) in [6, 6.07) is 0.471. The second kappa shape index (κ2) is 6.02. The first-order chi connectivity index (χ1) is 7.75. The third-order valence-corrected chi connectivity index (χ3v) is 5.18. The zero-order valence-corrected chi connectivity index (χ0v) is 11.4. The van der Waals surface area contributed by atoms with E-state index < -0.39 is 0 Å². The zero-order chi connectivity index (χ0) is 11.4. The molecule has 1 aromatic rings. The fourth-order valence-corrected chi connectivity index (χ4v) is 4.02. The fraction of sp³-hybridized carbons (Fsp3) is 0.778. The van der Waals surface area contributed by atoms with E-state index in [1.807, 2.05) is 30.4 Å². The lowest BCUT2D eigenvalue weighted by Crippen LogP contribution is -2.23. The van der Waals surface area contributed by atoms with Crippen LogP contribution in [-0.2, 0) is 0 Å². The molecule has 0 spiro atoms. The Morgan fingerprint density at radius 2 is 2.44 bits per heavy atom. The summed E-state index contributed by atoms with van der Waals surface area (Å²) in [4.78, 5) is 0. The van der Waals surface area contributed by atoms with Crippen LogP contribution in [0.25, 0.3) is 0 Å². The Morgan fingerprint density at radius 3 is 3.06 bits per heavy atom. The maximum absolute atomic E-state index is 5.83. The van der Waals surface area contributed by atoms with E-state index in [-0.39, 0.29) is 5.38 Å².